The number of carbonyl (C=O) groups is 1. The van der Waals surface area contributed by atoms with Crippen LogP contribution in [-0.4, -0.2) is 62.0 Å². The molecule has 170 valence electrons. The van der Waals surface area contributed by atoms with Crippen molar-refractivity contribution in [3.63, 3.8) is 0 Å². The predicted molar refractivity (Wildman–Crippen MR) is 115 cm³/mol. The Hall–Kier alpha value is -2.33. The molecule has 0 spiro atoms. The summed E-state index contributed by atoms with van der Waals surface area (Å²) in [6.07, 6.45) is 1.77. The number of aliphatic hydroxyl groups excluding tert-OH is 1. The smallest absolute Gasteiger partial charge is 0.233 e. The first-order valence-electron chi connectivity index (χ1n) is 10.9. The summed E-state index contributed by atoms with van der Waals surface area (Å²) >= 11 is 0. The standard InChI is InChI=1S/C21H31FN6O3/c1-6-21(9-29)12(4)14(22)19(31-21)28-10-23-15-16(27(5)13-7-8-13)24-20(25-17(15)28)26-18(30)11(2)3/h10-14,19,29H,6-9H2,1-5H3,(H,24,25,26,30)/t12-,14+,19+,21+/m0/s1. The Balaban J connectivity index is 1.80. The lowest BCUT2D eigenvalue weighted by Gasteiger charge is -2.29. The second kappa shape index (κ2) is 7.98. The molecular formula is C21H31FN6O3. The lowest BCUT2D eigenvalue weighted by Crippen LogP contribution is -2.39. The Kier molecular flexibility index (Phi) is 5.63. The van der Waals surface area contributed by atoms with Crippen LogP contribution in [0.2, 0.25) is 0 Å². The summed E-state index contributed by atoms with van der Waals surface area (Å²) in [6.45, 7) is 6.93. The molecule has 4 atom stereocenters. The lowest BCUT2D eigenvalue weighted by atomic mass is 9.86. The highest BCUT2D eigenvalue weighted by molar-refractivity contribution is 5.92. The van der Waals surface area contributed by atoms with Crippen molar-refractivity contribution in [3.05, 3.63) is 6.33 Å². The van der Waals surface area contributed by atoms with Gasteiger partial charge in [0.15, 0.2) is 29.4 Å². The second-order valence-electron chi connectivity index (χ2n) is 9.00. The number of halogens is 1. The average Bonchev–Trinajstić information content (AvgIpc) is 3.48. The SMILES string of the molecule is CC[C@]1(CO)O[C@@H](n2cnc3c(N(C)C4CC4)nc(NC(=O)C(C)C)nc32)[C@H](F)[C@@H]1C. The van der Waals surface area contributed by atoms with Crippen molar-refractivity contribution in [3.8, 4) is 0 Å². The third-order valence-electron chi connectivity index (χ3n) is 6.67. The first-order valence-corrected chi connectivity index (χ1v) is 10.9. The monoisotopic (exact) mass is 434 g/mol. The number of anilines is 2. The second-order valence-corrected chi connectivity index (χ2v) is 9.00. The average molecular weight is 435 g/mol. The van der Waals surface area contributed by atoms with E-state index in [9.17, 15) is 9.90 Å². The fourth-order valence-electron chi connectivity index (χ4n) is 4.14. The molecule has 0 aromatic carbocycles. The number of alkyl halides is 1. The Bertz CT molecular complexity index is 971. The van der Waals surface area contributed by atoms with E-state index in [1.807, 2.05) is 18.9 Å². The predicted octanol–water partition coefficient (Wildman–Crippen LogP) is 2.66. The van der Waals surface area contributed by atoms with E-state index in [1.54, 1.807) is 25.3 Å². The lowest BCUT2D eigenvalue weighted by molar-refractivity contribution is -0.118. The van der Waals surface area contributed by atoms with E-state index >= 15 is 4.39 Å². The van der Waals surface area contributed by atoms with Crippen LogP contribution in [0.1, 0.15) is 53.2 Å². The maximum Gasteiger partial charge on any atom is 0.233 e. The molecule has 2 N–H and O–H groups in total. The molecule has 0 bridgehead atoms. The van der Waals surface area contributed by atoms with Gasteiger partial charge in [0, 0.05) is 24.9 Å². The van der Waals surface area contributed by atoms with Crippen LogP contribution in [0.4, 0.5) is 16.2 Å². The van der Waals surface area contributed by atoms with Gasteiger partial charge in [-0.2, -0.15) is 9.97 Å². The van der Waals surface area contributed by atoms with Crippen LogP contribution in [0.5, 0.6) is 0 Å². The van der Waals surface area contributed by atoms with Crippen molar-refractivity contribution in [2.75, 3.05) is 23.9 Å². The van der Waals surface area contributed by atoms with Crippen LogP contribution >= 0.6 is 0 Å². The maximum atomic E-state index is 15.3. The van der Waals surface area contributed by atoms with Crippen LogP contribution in [0.3, 0.4) is 0 Å². The van der Waals surface area contributed by atoms with Gasteiger partial charge in [-0.3, -0.25) is 14.7 Å². The van der Waals surface area contributed by atoms with Crippen LogP contribution < -0.4 is 10.2 Å². The molecule has 2 aromatic rings. The molecule has 1 saturated heterocycles. The molecule has 2 aromatic heterocycles. The molecular weight excluding hydrogens is 403 g/mol. The zero-order valence-corrected chi connectivity index (χ0v) is 18.7. The molecule has 10 heteroatoms. The normalized spacial score (nSPS) is 28.5. The largest absolute Gasteiger partial charge is 0.393 e. The van der Waals surface area contributed by atoms with Crippen LogP contribution in [0.15, 0.2) is 6.33 Å². The zero-order chi connectivity index (χ0) is 22.5. The molecule has 9 nitrogen and oxygen atoms in total. The molecule has 4 rings (SSSR count). The van der Waals surface area contributed by atoms with Gasteiger partial charge in [-0.25, -0.2) is 9.37 Å². The number of fused-ring (bicyclic) bond motifs is 1. The molecule has 1 amide bonds. The fourth-order valence-corrected chi connectivity index (χ4v) is 4.14. The number of ether oxygens (including phenoxy) is 1. The van der Waals surface area contributed by atoms with Crippen LogP contribution in [-0.2, 0) is 9.53 Å². The van der Waals surface area contributed by atoms with Gasteiger partial charge in [-0.05, 0) is 19.3 Å². The number of aliphatic hydroxyl groups is 1. The third kappa shape index (κ3) is 3.65. The summed E-state index contributed by atoms with van der Waals surface area (Å²) in [5.74, 6) is -0.195. The number of nitrogens with zero attached hydrogens (tertiary/aromatic N) is 5. The summed E-state index contributed by atoms with van der Waals surface area (Å²) in [6, 6.07) is 0.357. The van der Waals surface area contributed by atoms with Crippen molar-refractivity contribution in [1.29, 1.82) is 0 Å². The minimum atomic E-state index is -1.35. The Morgan fingerprint density at radius 2 is 2.16 bits per heavy atom. The number of nitrogens with one attached hydrogen (secondary N) is 1. The Morgan fingerprint density at radius 3 is 2.71 bits per heavy atom. The van der Waals surface area contributed by atoms with Crippen molar-refractivity contribution < 1.29 is 19.0 Å². The topological polar surface area (TPSA) is 105 Å². The van der Waals surface area contributed by atoms with Gasteiger partial charge >= 0.3 is 0 Å². The van der Waals surface area contributed by atoms with Gasteiger partial charge in [0.05, 0.1) is 18.5 Å². The van der Waals surface area contributed by atoms with E-state index in [2.05, 4.69) is 20.3 Å². The number of aromatic nitrogens is 4. The third-order valence-corrected chi connectivity index (χ3v) is 6.67. The number of rotatable bonds is 7. The van der Waals surface area contributed by atoms with Crippen molar-refractivity contribution in [2.45, 2.75) is 71.0 Å². The van der Waals surface area contributed by atoms with Gasteiger partial charge in [0.2, 0.25) is 11.9 Å². The minimum absolute atomic E-state index is 0.154. The van der Waals surface area contributed by atoms with Crippen molar-refractivity contribution in [2.24, 2.45) is 11.8 Å². The summed E-state index contributed by atoms with van der Waals surface area (Å²) in [5, 5.41) is 12.7. The molecule has 0 radical (unpaired) electrons. The quantitative estimate of drug-likeness (QED) is 0.690. The van der Waals surface area contributed by atoms with Crippen molar-refractivity contribution >= 4 is 28.8 Å². The summed E-state index contributed by atoms with van der Waals surface area (Å²) in [4.78, 5) is 27.8. The van der Waals surface area contributed by atoms with E-state index in [0.717, 1.165) is 12.8 Å². The first kappa shape index (κ1) is 21.9. The van der Waals surface area contributed by atoms with Crippen LogP contribution in [0.25, 0.3) is 11.2 Å². The summed E-state index contributed by atoms with van der Waals surface area (Å²) in [5.41, 5.74) is -0.0459. The van der Waals surface area contributed by atoms with Gasteiger partial charge in [-0.15, -0.1) is 0 Å². The zero-order valence-electron chi connectivity index (χ0n) is 18.7. The van der Waals surface area contributed by atoms with E-state index in [4.69, 9.17) is 4.74 Å². The molecule has 1 aliphatic heterocycles. The maximum absolute atomic E-state index is 15.3. The highest BCUT2D eigenvalue weighted by atomic mass is 19.1. The molecule has 31 heavy (non-hydrogen) atoms. The number of hydrogen-bond acceptors (Lipinski definition) is 7. The van der Waals surface area contributed by atoms with Crippen LogP contribution in [0, 0.1) is 11.8 Å². The minimum Gasteiger partial charge on any atom is -0.393 e. The van der Waals surface area contributed by atoms with E-state index < -0.39 is 23.9 Å². The molecule has 3 heterocycles. The summed E-state index contributed by atoms with van der Waals surface area (Å²) in [7, 11) is 1.94. The van der Waals surface area contributed by atoms with Crippen molar-refractivity contribution in [1.82, 2.24) is 19.5 Å². The molecule has 1 aliphatic carbocycles. The van der Waals surface area contributed by atoms with Gasteiger partial charge in [-0.1, -0.05) is 27.7 Å². The number of amides is 1. The number of hydrogen-bond donors (Lipinski definition) is 2. The summed E-state index contributed by atoms with van der Waals surface area (Å²) < 4.78 is 23.0. The van der Waals surface area contributed by atoms with E-state index in [0.29, 0.717) is 29.4 Å². The van der Waals surface area contributed by atoms with Gasteiger partial charge < -0.3 is 14.7 Å². The molecule has 2 fully saturated rings. The highest BCUT2D eigenvalue weighted by Gasteiger charge is 2.53. The molecule has 0 unspecified atom stereocenters. The number of imidazole rings is 1. The Labute approximate surface area is 181 Å². The van der Waals surface area contributed by atoms with Gasteiger partial charge in [0.25, 0.3) is 0 Å². The highest BCUT2D eigenvalue weighted by Crippen LogP contribution is 2.46. The van der Waals surface area contributed by atoms with Gasteiger partial charge in [0.1, 0.15) is 0 Å². The Morgan fingerprint density at radius 1 is 1.45 bits per heavy atom. The molecule has 1 saturated carbocycles. The first-order chi connectivity index (χ1) is 14.7. The van der Waals surface area contributed by atoms with E-state index in [1.165, 1.54) is 6.33 Å². The number of carbonyl (C=O) groups excluding carboxylic acids is 1. The van der Waals surface area contributed by atoms with E-state index in [-0.39, 0.29) is 24.4 Å². The fraction of sp³-hybridized carbons (Fsp3) is 0.714. The molecule has 2 aliphatic rings.